The molecule has 2 rings (SSSR count). The number of nitrogens with zero attached hydrogens (tertiary/aromatic N) is 3. The normalized spacial score (nSPS) is 20.4. The maximum Gasteiger partial charge on any atom is 0.0952 e. The minimum atomic E-state index is 0.619. The van der Waals surface area contributed by atoms with Gasteiger partial charge < -0.3 is 15.2 Å². The molecule has 0 saturated carbocycles. The first-order chi connectivity index (χ1) is 6.70. The van der Waals surface area contributed by atoms with Gasteiger partial charge >= 0.3 is 0 Å². The van der Waals surface area contributed by atoms with Crippen LogP contribution in [-0.4, -0.2) is 35.1 Å². The zero-order valence-electron chi connectivity index (χ0n) is 8.90. The van der Waals surface area contributed by atoms with E-state index in [1.165, 1.54) is 11.4 Å². The van der Waals surface area contributed by atoms with Gasteiger partial charge in [-0.15, -0.1) is 0 Å². The fourth-order valence-corrected chi connectivity index (χ4v) is 2.05. The van der Waals surface area contributed by atoms with Crippen molar-refractivity contribution in [3.05, 3.63) is 17.7 Å². The monoisotopic (exact) mass is 194 g/mol. The van der Waals surface area contributed by atoms with Crippen molar-refractivity contribution in [1.29, 1.82) is 0 Å². The Hall–Kier alpha value is -0.870. The van der Waals surface area contributed by atoms with Crippen LogP contribution in [0.3, 0.4) is 0 Å². The molecule has 2 heterocycles. The van der Waals surface area contributed by atoms with E-state index in [9.17, 15) is 0 Å². The lowest BCUT2D eigenvalue weighted by atomic mass is 10.1. The molecule has 1 aliphatic rings. The lowest BCUT2D eigenvalue weighted by Gasteiger charge is -2.08. The third kappa shape index (κ3) is 1.67. The van der Waals surface area contributed by atoms with E-state index in [0.717, 1.165) is 26.1 Å². The largest absolute Gasteiger partial charge is 0.334 e. The molecule has 78 valence electrons. The molecule has 4 heteroatoms. The molecule has 1 aromatic heterocycles. The summed E-state index contributed by atoms with van der Waals surface area (Å²) >= 11 is 0. The van der Waals surface area contributed by atoms with Crippen LogP contribution in [0, 0.1) is 5.92 Å². The van der Waals surface area contributed by atoms with E-state index >= 15 is 0 Å². The van der Waals surface area contributed by atoms with Gasteiger partial charge in [-0.05, 0) is 33.0 Å². The molecule has 0 radical (unpaired) electrons. The number of aromatic nitrogens is 2. The first kappa shape index (κ1) is 9.68. The molecule has 0 aromatic carbocycles. The zero-order chi connectivity index (χ0) is 10.1. The summed E-state index contributed by atoms with van der Waals surface area (Å²) in [5.74, 6) is 0.619. The van der Waals surface area contributed by atoms with Crippen molar-refractivity contribution in [1.82, 2.24) is 14.5 Å². The van der Waals surface area contributed by atoms with Crippen LogP contribution in [0.25, 0.3) is 0 Å². The molecule has 1 aliphatic heterocycles. The first-order valence-corrected chi connectivity index (χ1v) is 5.08. The van der Waals surface area contributed by atoms with Gasteiger partial charge in [0.25, 0.3) is 0 Å². The summed E-state index contributed by atoms with van der Waals surface area (Å²) in [6, 6.07) is 0. The van der Waals surface area contributed by atoms with Crippen molar-refractivity contribution in [2.75, 3.05) is 20.6 Å². The number of nitrogens with two attached hydrogens (primary N) is 1. The Morgan fingerprint density at radius 2 is 2.43 bits per heavy atom. The third-order valence-electron chi connectivity index (χ3n) is 2.77. The average Bonchev–Trinajstić information content (AvgIpc) is 2.66. The maximum absolute atomic E-state index is 5.68. The molecule has 1 aromatic rings. The topological polar surface area (TPSA) is 47.1 Å². The van der Waals surface area contributed by atoms with Gasteiger partial charge in [0, 0.05) is 18.8 Å². The second kappa shape index (κ2) is 3.71. The Labute approximate surface area is 84.7 Å². The molecule has 0 amide bonds. The number of hydrogen-bond acceptors (Lipinski definition) is 3. The Morgan fingerprint density at radius 3 is 3.07 bits per heavy atom. The summed E-state index contributed by atoms with van der Waals surface area (Å²) in [5.41, 5.74) is 8.28. The molecule has 0 spiro atoms. The molecule has 4 nitrogen and oxygen atoms in total. The van der Waals surface area contributed by atoms with Gasteiger partial charge in [-0.2, -0.15) is 0 Å². The first-order valence-electron chi connectivity index (χ1n) is 5.08. The van der Waals surface area contributed by atoms with E-state index < -0.39 is 0 Å². The van der Waals surface area contributed by atoms with Crippen molar-refractivity contribution in [2.45, 2.75) is 19.5 Å². The van der Waals surface area contributed by atoms with E-state index in [-0.39, 0.29) is 0 Å². The zero-order valence-corrected chi connectivity index (χ0v) is 8.90. The number of rotatable bonds is 3. The second-order valence-electron chi connectivity index (χ2n) is 4.33. The molecule has 0 fully saturated rings. The molecule has 0 bridgehead atoms. The minimum Gasteiger partial charge on any atom is -0.334 e. The summed E-state index contributed by atoms with van der Waals surface area (Å²) in [7, 11) is 4.14. The van der Waals surface area contributed by atoms with Crippen LogP contribution in [0.4, 0.5) is 0 Å². The van der Waals surface area contributed by atoms with Gasteiger partial charge in [0.05, 0.1) is 12.0 Å². The van der Waals surface area contributed by atoms with E-state index in [4.69, 9.17) is 5.73 Å². The van der Waals surface area contributed by atoms with Crippen LogP contribution >= 0.6 is 0 Å². The van der Waals surface area contributed by atoms with Crippen molar-refractivity contribution < 1.29 is 0 Å². The Kier molecular flexibility index (Phi) is 2.56. The van der Waals surface area contributed by atoms with Crippen molar-refractivity contribution in [3.8, 4) is 0 Å². The highest BCUT2D eigenvalue weighted by Crippen LogP contribution is 2.22. The van der Waals surface area contributed by atoms with Gasteiger partial charge in [0.15, 0.2) is 0 Å². The number of hydrogen-bond donors (Lipinski definition) is 1. The maximum atomic E-state index is 5.68. The third-order valence-corrected chi connectivity index (χ3v) is 2.77. The van der Waals surface area contributed by atoms with Crippen molar-refractivity contribution in [2.24, 2.45) is 11.7 Å². The van der Waals surface area contributed by atoms with E-state index in [1.807, 2.05) is 6.33 Å². The predicted molar refractivity (Wildman–Crippen MR) is 55.9 cm³/mol. The SMILES string of the molecule is CN(C)Cc1ncn2c1CC(CN)C2. The Bertz CT molecular complexity index is 316. The van der Waals surface area contributed by atoms with Crippen molar-refractivity contribution >= 4 is 0 Å². The predicted octanol–water partition coefficient (Wildman–Crippen LogP) is 0.0757. The molecule has 1 atom stereocenters. The Balaban J connectivity index is 2.15. The molecule has 2 N–H and O–H groups in total. The van der Waals surface area contributed by atoms with Crippen LogP contribution in [0.1, 0.15) is 11.4 Å². The fraction of sp³-hybridized carbons (Fsp3) is 0.700. The smallest absolute Gasteiger partial charge is 0.0952 e. The highest BCUT2D eigenvalue weighted by atomic mass is 15.1. The molecular formula is C10H18N4. The van der Waals surface area contributed by atoms with Gasteiger partial charge in [0.1, 0.15) is 0 Å². The lowest BCUT2D eigenvalue weighted by Crippen LogP contribution is -2.16. The van der Waals surface area contributed by atoms with Gasteiger partial charge in [0.2, 0.25) is 0 Å². The molecule has 0 aliphatic carbocycles. The molecule has 14 heavy (non-hydrogen) atoms. The summed E-state index contributed by atoms with van der Waals surface area (Å²) in [5, 5.41) is 0. The summed E-state index contributed by atoms with van der Waals surface area (Å²) in [6.07, 6.45) is 3.05. The highest BCUT2D eigenvalue weighted by molar-refractivity contribution is 5.17. The average molecular weight is 194 g/mol. The molecule has 1 unspecified atom stereocenters. The van der Waals surface area contributed by atoms with Gasteiger partial charge in [-0.3, -0.25) is 0 Å². The van der Waals surface area contributed by atoms with Crippen LogP contribution in [0.15, 0.2) is 6.33 Å². The second-order valence-corrected chi connectivity index (χ2v) is 4.33. The molecular weight excluding hydrogens is 176 g/mol. The summed E-state index contributed by atoms with van der Waals surface area (Å²) in [6.45, 7) is 2.76. The van der Waals surface area contributed by atoms with Gasteiger partial charge in [-0.25, -0.2) is 4.98 Å². The lowest BCUT2D eigenvalue weighted by molar-refractivity contribution is 0.395. The minimum absolute atomic E-state index is 0.619. The fourth-order valence-electron chi connectivity index (χ4n) is 2.05. The van der Waals surface area contributed by atoms with Crippen molar-refractivity contribution in [3.63, 3.8) is 0 Å². The quantitative estimate of drug-likeness (QED) is 0.741. The van der Waals surface area contributed by atoms with Crippen LogP contribution < -0.4 is 5.73 Å². The standard InChI is InChI=1S/C10H18N4/c1-13(2)6-9-10-3-8(4-11)5-14(10)7-12-9/h7-8H,3-6,11H2,1-2H3. The summed E-state index contributed by atoms with van der Waals surface area (Å²) < 4.78 is 2.25. The molecule has 0 saturated heterocycles. The van der Waals surface area contributed by atoms with E-state index in [1.54, 1.807) is 0 Å². The summed E-state index contributed by atoms with van der Waals surface area (Å²) in [4.78, 5) is 6.58. The van der Waals surface area contributed by atoms with Crippen LogP contribution in [0.2, 0.25) is 0 Å². The van der Waals surface area contributed by atoms with Crippen LogP contribution in [0.5, 0.6) is 0 Å². The van der Waals surface area contributed by atoms with Crippen LogP contribution in [-0.2, 0) is 19.5 Å². The van der Waals surface area contributed by atoms with E-state index in [0.29, 0.717) is 5.92 Å². The number of fused-ring (bicyclic) bond motifs is 1. The van der Waals surface area contributed by atoms with E-state index in [2.05, 4.69) is 28.5 Å². The Morgan fingerprint density at radius 1 is 1.64 bits per heavy atom. The number of imidazole rings is 1. The highest BCUT2D eigenvalue weighted by Gasteiger charge is 2.23. The van der Waals surface area contributed by atoms with Gasteiger partial charge in [-0.1, -0.05) is 0 Å².